The van der Waals surface area contributed by atoms with Crippen molar-refractivity contribution in [1.29, 1.82) is 0 Å². The Morgan fingerprint density at radius 2 is 1.32 bits per heavy atom. The van der Waals surface area contributed by atoms with E-state index >= 15 is 0 Å². The van der Waals surface area contributed by atoms with E-state index in [1.54, 1.807) is 6.92 Å². The lowest BCUT2D eigenvalue weighted by molar-refractivity contribution is -0.371. The Balaban J connectivity index is 1.73. The van der Waals surface area contributed by atoms with E-state index < -0.39 is 92.6 Å². The maximum absolute atomic E-state index is 10.7. The minimum absolute atomic E-state index is 0.0477. The third-order valence-electron chi connectivity index (χ3n) is 5.89. The summed E-state index contributed by atoms with van der Waals surface area (Å²) in [6.07, 6.45) is -18.6. The van der Waals surface area contributed by atoms with Crippen molar-refractivity contribution in [3.8, 4) is 0 Å². The molecule has 0 bridgehead atoms. The SMILES string of the molecule is C[C@@H]1O[C@@H](O)[C@H](O)[C@H](O)[C@H]1O[C@H]1O[C@H](CO)[C@@H](O)[C@H](O[C@H]2O[C@H](C)[C@H](O)C[C@H]2O)[C@@H]1O. The van der Waals surface area contributed by atoms with Gasteiger partial charge < -0.3 is 64.5 Å². The largest absolute Gasteiger partial charge is 0.394 e. The Kier molecular flexibility index (Phi) is 8.24. The number of hydrogen-bond donors (Lipinski definition) is 8. The van der Waals surface area contributed by atoms with Crippen molar-refractivity contribution >= 4 is 0 Å². The molecule has 0 saturated carbocycles. The van der Waals surface area contributed by atoms with Gasteiger partial charge in [-0.2, -0.15) is 0 Å². The highest BCUT2D eigenvalue weighted by molar-refractivity contribution is 4.94. The molecule has 0 aromatic rings. The van der Waals surface area contributed by atoms with Crippen molar-refractivity contribution in [2.24, 2.45) is 0 Å². The van der Waals surface area contributed by atoms with Crippen molar-refractivity contribution in [2.45, 2.75) is 106 Å². The van der Waals surface area contributed by atoms with Crippen LogP contribution in [0.1, 0.15) is 20.3 Å². The van der Waals surface area contributed by atoms with Crippen LogP contribution in [0, 0.1) is 0 Å². The van der Waals surface area contributed by atoms with E-state index in [1.807, 2.05) is 0 Å². The molecule has 3 rings (SSSR count). The zero-order chi connectivity index (χ0) is 23.0. The van der Waals surface area contributed by atoms with Crippen LogP contribution in [0.5, 0.6) is 0 Å². The first-order valence-electron chi connectivity index (χ1n) is 10.2. The molecule has 14 atom stereocenters. The second-order valence-corrected chi connectivity index (χ2v) is 8.20. The highest BCUT2D eigenvalue weighted by Crippen LogP contribution is 2.31. The normalized spacial score (nSPS) is 54.0. The first-order valence-corrected chi connectivity index (χ1v) is 10.2. The van der Waals surface area contributed by atoms with Crippen LogP contribution < -0.4 is 0 Å². The van der Waals surface area contributed by atoms with E-state index in [4.69, 9.17) is 23.7 Å². The fourth-order valence-corrected chi connectivity index (χ4v) is 3.91. The van der Waals surface area contributed by atoms with Gasteiger partial charge in [-0.15, -0.1) is 0 Å². The summed E-state index contributed by atoms with van der Waals surface area (Å²) in [7, 11) is 0. The molecule has 0 spiro atoms. The Hall–Kier alpha value is -0.520. The molecule has 0 aromatic heterocycles. The highest BCUT2D eigenvalue weighted by Gasteiger charge is 2.51. The third kappa shape index (κ3) is 5.19. The molecule has 3 saturated heterocycles. The van der Waals surface area contributed by atoms with Gasteiger partial charge in [-0.1, -0.05) is 0 Å². The molecule has 13 nitrogen and oxygen atoms in total. The first kappa shape index (κ1) is 25.1. The summed E-state index contributed by atoms with van der Waals surface area (Å²) < 4.78 is 27.1. The highest BCUT2D eigenvalue weighted by atomic mass is 16.7. The summed E-state index contributed by atoms with van der Waals surface area (Å²) in [5, 5.41) is 80.4. The molecule has 8 N–H and O–H groups in total. The molecule has 3 aliphatic heterocycles. The van der Waals surface area contributed by atoms with Crippen molar-refractivity contribution in [3.05, 3.63) is 0 Å². The molecule has 3 aliphatic rings. The maximum atomic E-state index is 10.7. The van der Waals surface area contributed by atoms with E-state index in [0.717, 1.165) is 0 Å². The topological polar surface area (TPSA) is 208 Å². The second kappa shape index (κ2) is 10.2. The van der Waals surface area contributed by atoms with Crippen LogP contribution in [0.3, 0.4) is 0 Å². The molecular weight excluding hydrogens is 424 g/mol. The molecular formula is C18H32O13. The van der Waals surface area contributed by atoms with Gasteiger partial charge in [0.15, 0.2) is 18.9 Å². The lowest BCUT2D eigenvalue weighted by Crippen LogP contribution is -2.65. The predicted octanol–water partition coefficient (Wildman–Crippen LogP) is -4.49. The fourth-order valence-electron chi connectivity index (χ4n) is 3.91. The minimum Gasteiger partial charge on any atom is -0.394 e. The lowest BCUT2D eigenvalue weighted by atomic mass is 9.96. The van der Waals surface area contributed by atoms with Gasteiger partial charge in [-0.3, -0.25) is 0 Å². The average molecular weight is 456 g/mol. The number of aliphatic hydroxyl groups excluding tert-OH is 8. The van der Waals surface area contributed by atoms with Gasteiger partial charge in [0.2, 0.25) is 0 Å². The van der Waals surface area contributed by atoms with Crippen LogP contribution in [0.4, 0.5) is 0 Å². The van der Waals surface area contributed by atoms with Crippen molar-refractivity contribution < 1.29 is 64.5 Å². The molecule has 182 valence electrons. The number of aliphatic hydroxyl groups is 8. The number of rotatable bonds is 5. The van der Waals surface area contributed by atoms with Crippen LogP contribution in [0.2, 0.25) is 0 Å². The van der Waals surface area contributed by atoms with Gasteiger partial charge in [0.25, 0.3) is 0 Å². The zero-order valence-corrected chi connectivity index (χ0v) is 17.1. The standard InChI is InChI=1S/C18H32O13/c1-5-7(20)3-8(21)17(28-5)31-15-10(22)9(4-19)29-18(13(15)25)30-14-6(2)27-16(26)12(24)11(14)23/h5-26H,3-4H2,1-2H3/t5-,6+,7-,8-,9-,10-,11+,12-,13+,14+,15+,16-,17-,18-/m1/s1. The average Bonchev–Trinajstić information content (AvgIpc) is 2.71. The third-order valence-corrected chi connectivity index (χ3v) is 5.89. The molecule has 13 heteroatoms. The summed E-state index contributed by atoms with van der Waals surface area (Å²) in [6.45, 7) is 2.36. The predicted molar refractivity (Wildman–Crippen MR) is 97.0 cm³/mol. The Morgan fingerprint density at radius 1 is 0.677 bits per heavy atom. The van der Waals surface area contributed by atoms with Gasteiger partial charge in [0, 0.05) is 6.42 Å². The fraction of sp³-hybridized carbons (Fsp3) is 1.00. The molecule has 0 amide bonds. The van der Waals surface area contributed by atoms with Crippen LogP contribution in [-0.4, -0.2) is 133 Å². The smallest absolute Gasteiger partial charge is 0.187 e. The van der Waals surface area contributed by atoms with Crippen molar-refractivity contribution in [2.75, 3.05) is 6.61 Å². The molecule has 0 unspecified atom stereocenters. The Bertz CT molecular complexity index is 581. The summed E-state index contributed by atoms with van der Waals surface area (Å²) in [4.78, 5) is 0. The van der Waals surface area contributed by atoms with Crippen LogP contribution in [0.25, 0.3) is 0 Å². The zero-order valence-electron chi connectivity index (χ0n) is 17.1. The minimum atomic E-state index is -1.67. The first-order chi connectivity index (χ1) is 14.5. The van der Waals surface area contributed by atoms with Crippen molar-refractivity contribution in [1.82, 2.24) is 0 Å². The lowest BCUT2D eigenvalue weighted by Gasteiger charge is -2.47. The van der Waals surface area contributed by atoms with E-state index in [0.29, 0.717) is 0 Å². The molecule has 3 fully saturated rings. The number of hydrogen-bond acceptors (Lipinski definition) is 13. The summed E-state index contributed by atoms with van der Waals surface area (Å²) in [6, 6.07) is 0. The van der Waals surface area contributed by atoms with Crippen molar-refractivity contribution in [3.63, 3.8) is 0 Å². The van der Waals surface area contributed by atoms with E-state index in [9.17, 15) is 40.9 Å². The van der Waals surface area contributed by atoms with Gasteiger partial charge in [0.1, 0.15) is 48.8 Å². The Morgan fingerprint density at radius 3 is 1.97 bits per heavy atom. The molecule has 0 aliphatic carbocycles. The van der Waals surface area contributed by atoms with Crippen LogP contribution >= 0.6 is 0 Å². The monoisotopic (exact) mass is 456 g/mol. The van der Waals surface area contributed by atoms with Gasteiger partial charge >= 0.3 is 0 Å². The summed E-state index contributed by atoms with van der Waals surface area (Å²) in [5.74, 6) is 0. The number of ether oxygens (including phenoxy) is 5. The molecule has 0 aromatic carbocycles. The summed E-state index contributed by atoms with van der Waals surface area (Å²) >= 11 is 0. The summed E-state index contributed by atoms with van der Waals surface area (Å²) in [5.41, 5.74) is 0. The van der Waals surface area contributed by atoms with Gasteiger partial charge in [-0.25, -0.2) is 0 Å². The maximum Gasteiger partial charge on any atom is 0.187 e. The van der Waals surface area contributed by atoms with E-state index in [1.165, 1.54) is 6.92 Å². The Labute approximate surface area is 178 Å². The molecule has 0 radical (unpaired) electrons. The van der Waals surface area contributed by atoms with Crippen LogP contribution in [0.15, 0.2) is 0 Å². The van der Waals surface area contributed by atoms with Crippen LogP contribution in [-0.2, 0) is 23.7 Å². The second-order valence-electron chi connectivity index (χ2n) is 8.20. The van der Waals surface area contributed by atoms with E-state index in [-0.39, 0.29) is 6.42 Å². The quantitative estimate of drug-likeness (QED) is 0.196. The van der Waals surface area contributed by atoms with Gasteiger partial charge in [0.05, 0.1) is 24.9 Å². The molecule has 3 heterocycles. The van der Waals surface area contributed by atoms with Gasteiger partial charge in [-0.05, 0) is 13.8 Å². The van der Waals surface area contributed by atoms with E-state index in [2.05, 4.69) is 0 Å². The molecule has 31 heavy (non-hydrogen) atoms.